The summed E-state index contributed by atoms with van der Waals surface area (Å²) in [5.41, 5.74) is 0. The van der Waals surface area contributed by atoms with E-state index in [0.717, 1.165) is 25.8 Å². The van der Waals surface area contributed by atoms with Gasteiger partial charge in [-0.1, -0.05) is 12.3 Å². The Bertz CT molecular complexity index is 475. The highest BCUT2D eigenvalue weighted by atomic mass is 32.2. The van der Waals surface area contributed by atoms with Crippen LogP contribution in [0.2, 0.25) is 0 Å². The Morgan fingerprint density at radius 2 is 2.16 bits per heavy atom. The Kier molecular flexibility index (Phi) is 4.48. The summed E-state index contributed by atoms with van der Waals surface area (Å²) in [5.74, 6) is 2.64. The molecular weight excluding hydrogens is 264 g/mol. The summed E-state index contributed by atoms with van der Waals surface area (Å²) < 4.78 is 23.1. The SMILES string of the molecule is C#CCN(C(=O)C1CCCCN1)C1CCS(=O)(=O)C1. The molecule has 0 spiro atoms. The van der Waals surface area contributed by atoms with Gasteiger partial charge in [0.2, 0.25) is 5.91 Å². The van der Waals surface area contributed by atoms with Gasteiger partial charge in [-0.05, 0) is 25.8 Å². The molecule has 2 aliphatic heterocycles. The van der Waals surface area contributed by atoms with Crippen molar-refractivity contribution in [3.8, 4) is 12.3 Å². The molecule has 1 N–H and O–H groups in total. The maximum atomic E-state index is 12.5. The number of nitrogens with one attached hydrogen (secondary N) is 1. The minimum atomic E-state index is -3.01. The van der Waals surface area contributed by atoms with Gasteiger partial charge in [-0.3, -0.25) is 4.79 Å². The lowest BCUT2D eigenvalue weighted by molar-refractivity contribution is -0.135. The van der Waals surface area contributed by atoms with Gasteiger partial charge in [-0.2, -0.15) is 0 Å². The van der Waals surface area contributed by atoms with Gasteiger partial charge in [0.05, 0.1) is 24.1 Å². The monoisotopic (exact) mass is 284 g/mol. The van der Waals surface area contributed by atoms with E-state index in [1.165, 1.54) is 0 Å². The quantitative estimate of drug-likeness (QED) is 0.728. The number of rotatable bonds is 3. The number of sulfone groups is 1. The molecule has 19 heavy (non-hydrogen) atoms. The second kappa shape index (κ2) is 5.93. The van der Waals surface area contributed by atoms with Gasteiger partial charge in [0.15, 0.2) is 9.84 Å². The van der Waals surface area contributed by atoms with Crippen molar-refractivity contribution >= 4 is 15.7 Å². The van der Waals surface area contributed by atoms with Gasteiger partial charge in [0.1, 0.15) is 0 Å². The molecule has 106 valence electrons. The van der Waals surface area contributed by atoms with E-state index >= 15 is 0 Å². The Labute approximate surface area is 114 Å². The third-order valence-electron chi connectivity index (χ3n) is 3.80. The fourth-order valence-electron chi connectivity index (χ4n) is 2.77. The van der Waals surface area contributed by atoms with Crippen molar-refractivity contribution in [2.45, 2.75) is 37.8 Å². The summed E-state index contributed by atoms with van der Waals surface area (Å²) in [6, 6.07) is -0.456. The predicted molar refractivity (Wildman–Crippen MR) is 73.2 cm³/mol. The van der Waals surface area contributed by atoms with Crippen LogP contribution in [0.25, 0.3) is 0 Å². The minimum Gasteiger partial charge on any atom is -0.326 e. The first-order valence-electron chi connectivity index (χ1n) is 6.71. The topological polar surface area (TPSA) is 66.5 Å². The molecule has 2 rings (SSSR count). The normalized spacial score (nSPS) is 29.6. The molecule has 0 aliphatic carbocycles. The Morgan fingerprint density at radius 3 is 2.68 bits per heavy atom. The van der Waals surface area contributed by atoms with Gasteiger partial charge in [0, 0.05) is 6.04 Å². The largest absolute Gasteiger partial charge is 0.326 e. The summed E-state index contributed by atoms with van der Waals surface area (Å²) in [6.07, 6.45) is 8.73. The van der Waals surface area contributed by atoms with Crippen molar-refractivity contribution in [3.63, 3.8) is 0 Å². The number of carbonyl (C=O) groups excluding carboxylic acids is 1. The number of carbonyl (C=O) groups is 1. The van der Waals surface area contributed by atoms with E-state index in [9.17, 15) is 13.2 Å². The van der Waals surface area contributed by atoms with Crippen molar-refractivity contribution in [2.24, 2.45) is 0 Å². The molecule has 1 amide bonds. The number of hydrogen-bond donors (Lipinski definition) is 1. The summed E-state index contributed by atoms with van der Waals surface area (Å²) >= 11 is 0. The maximum Gasteiger partial charge on any atom is 0.240 e. The molecule has 2 unspecified atom stereocenters. The van der Waals surface area contributed by atoms with Crippen molar-refractivity contribution in [1.29, 1.82) is 0 Å². The van der Waals surface area contributed by atoms with Crippen LogP contribution in [0.3, 0.4) is 0 Å². The first kappa shape index (κ1) is 14.4. The highest BCUT2D eigenvalue weighted by molar-refractivity contribution is 7.91. The van der Waals surface area contributed by atoms with E-state index in [0.29, 0.717) is 6.42 Å². The van der Waals surface area contributed by atoms with Gasteiger partial charge in [-0.25, -0.2) is 8.42 Å². The lowest BCUT2D eigenvalue weighted by atomic mass is 10.0. The van der Waals surface area contributed by atoms with E-state index in [-0.39, 0.29) is 36.0 Å². The van der Waals surface area contributed by atoms with Crippen LogP contribution in [0, 0.1) is 12.3 Å². The highest BCUT2D eigenvalue weighted by Gasteiger charge is 2.36. The predicted octanol–water partition coefficient (Wildman–Crippen LogP) is -0.223. The molecular formula is C13H20N2O3S. The maximum absolute atomic E-state index is 12.5. The Morgan fingerprint density at radius 1 is 1.37 bits per heavy atom. The zero-order valence-electron chi connectivity index (χ0n) is 11.0. The van der Waals surface area contributed by atoms with Crippen LogP contribution in [-0.4, -0.2) is 55.9 Å². The van der Waals surface area contributed by atoms with Gasteiger partial charge < -0.3 is 10.2 Å². The first-order chi connectivity index (χ1) is 9.03. The summed E-state index contributed by atoms with van der Waals surface area (Å²) in [7, 11) is -3.01. The average molecular weight is 284 g/mol. The lowest BCUT2D eigenvalue weighted by Crippen LogP contribution is -2.52. The molecule has 0 aromatic carbocycles. The smallest absolute Gasteiger partial charge is 0.240 e. The van der Waals surface area contributed by atoms with Gasteiger partial charge >= 0.3 is 0 Å². The minimum absolute atomic E-state index is 0.0419. The summed E-state index contributed by atoms with van der Waals surface area (Å²) in [5, 5.41) is 3.19. The molecule has 6 heteroatoms. The third kappa shape index (κ3) is 3.48. The van der Waals surface area contributed by atoms with Crippen molar-refractivity contribution in [2.75, 3.05) is 24.6 Å². The van der Waals surface area contributed by atoms with Crippen molar-refractivity contribution < 1.29 is 13.2 Å². The fourth-order valence-corrected chi connectivity index (χ4v) is 4.50. The molecule has 2 heterocycles. The van der Waals surface area contributed by atoms with Crippen LogP contribution < -0.4 is 5.32 Å². The van der Waals surface area contributed by atoms with E-state index in [4.69, 9.17) is 6.42 Å². The molecule has 5 nitrogen and oxygen atoms in total. The molecule has 2 fully saturated rings. The lowest BCUT2D eigenvalue weighted by Gasteiger charge is -2.32. The molecule has 0 aromatic heterocycles. The third-order valence-corrected chi connectivity index (χ3v) is 5.55. The number of hydrogen-bond acceptors (Lipinski definition) is 4. The van der Waals surface area contributed by atoms with Crippen LogP contribution in [0.4, 0.5) is 0 Å². The Hall–Kier alpha value is -1.06. The average Bonchev–Trinajstić information content (AvgIpc) is 2.76. The van der Waals surface area contributed by atoms with E-state index in [1.54, 1.807) is 4.90 Å². The summed E-state index contributed by atoms with van der Waals surface area (Å²) in [4.78, 5) is 14.0. The molecule has 0 radical (unpaired) electrons. The zero-order valence-corrected chi connectivity index (χ0v) is 11.8. The van der Waals surface area contributed by atoms with Gasteiger partial charge in [-0.15, -0.1) is 6.42 Å². The molecule has 2 atom stereocenters. The Balaban J connectivity index is 2.07. The fraction of sp³-hybridized carbons (Fsp3) is 0.769. The number of terminal acetylenes is 1. The molecule has 0 saturated carbocycles. The van der Waals surface area contributed by atoms with Crippen LogP contribution in [0.5, 0.6) is 0 Å². The van der Waals surface area contributed by atoms with Crippen LogP contribution in [-0.2, 0) is 14.6 Å². The first-order valence-corrected chi connectivity index (χ1v) is 8.53. The van der Waals surface area contributed by atoms with Crippen molar-refractivity contribution in [3.05, 3.63) is 0 Å². The summed E-state index contributed by atoms with van der Waals surface area (Å²) in [6.45, 7) is 1.03. The number of amides is 1. The molecule has 2 aliphatic rings. The second-order valence-corrected chi connectivity index (χ2v) is 7.46. The van der Waals surface area contributed by atoms with Crippen LogP contribution in [0.15, 0.2) is 0 Å². The molecule has 0 bridgehead atoms. The standard InChI is InChI=1S/C13H20N2O3S/c1-2-8-15(11-6-9-19(17,18)10-11)13(16)12-5-3-4-7-14-12/h1,11-12,14H,3-10H2. The van der Waals surface area contributed by atoms with Crippen LogP contribution in [0.1, 0.15) is 25.7 Å². The second-order valence-electron chi connectivity index (χ2n) is 5.23. The number of nitrogens with zero attached hydrogens (tertiary/aromatic N) is 1. The number of piperidine rings is 1. The van der Waals surface area contributed by atoms with E-state index < -0.39 is 9.84 Å². The van der Waals surface area contributed by atoms with Gasteiger partial charge in [0.25, 0.3) is 0 Å². The van der Waals surface area contributed by atoms with E-state index in [1.807, 2.05) is 0 Å². The van der Waals surface area contributed by atoms with Crippen LogP contribution >= 0.6 is 0 Å². The van der Waals surface area contributed by atoms with Crippen molar-refractivity contribution in [1.82, 2.24) is 10.2 Å². The van der Waals surface area contributed by atoms with E-state index in [2.05, 4.69) is 11.2 Å². The molecule has 0 aromatic rings. The highest BCUT2D eigenvalue weighted by Crippen LogP contribution is 2.20. The zero-order chi connectivity index (χ0) is 13.9. The molecule has 2 saturated heterocycles.